The van der Waals surface area contributed by atoms with Crippen LogP contribution in [-0.4, -0.2) is 29.7 Å². The van der Waals surface area contributed by atoms with Crippen molar-refractivity contribution in [2.24, 2.45) is 0 Å². The maximum absolute atomic E-state index is 11.5. The predicted molar refractivity (Wildman–Crippen MR) is 93.0 cm³/mol. The molecule has 2 aromatic rings. The smallest absolute Gasteiger partial charge is 0.271 e. The second-order valence-corrected chi connectivity index (χ2v) is 7.00. The van der Waals surface area contributed by atoms with Crippen molar-refractivity contribution in [2.75, 3.05) is 18.9 Å². The van der Waals surface area contributed by atoms with Crippen molar-refractivity contribution in [2.45, 2.75) is 37.5 Å². The molecular formula is C17H22N4OS. The highest BCUT2D eigenvalue weighted by molar-refractivity contribution is 7.10. The molecule has 1 fully saturated rings. The van der Waals surface area contributed by atoms with E-state index in [1.54, 1.807) is 13.1 Å². The number of carbonyl (C=O) groups is 1. The molecule has 5 nitrogen and oxygen atoms in total. The number of hydrogen-bond donors (Lipinski definition) is 2. The lowest BCUT2D eigenvalue weighted by Gasteiger charge is -2.37. The van der Waals surface area contributed by atoms with Gasteiger partial charge in [-0.2, -0.15) is 0 Å². The highest BCUT2D eigenvalue weighted by Gasteiger charge is 2.34. The van der Waals surface area contributed by atoms with Gasteiger partial charge >= 0.3 is 0 Å². The molecule has 23 heavy (non-hydrogen) atoms. The van der Waals surface area contributed by atoms with Crippen LogP contribution in [0.3, 0.4) is 0 Å². The number of aromatic nitrogens is 2. The first-order valence-electron chi connectivity index (χ1n) is 8.07. The summed E-state index contributed by atoms with van der Waals surface area (Å²) >= 11 is 1.84. The molecule has 1 saturated carbocycles. The van der Waals surface area contributed by atoms with Crippen LogP contribution in [0, 0.1) is 0 Å². The first-order chi connectivity index (χ1) is 11.2. The van der Waals surface area contributed by atoms with Gasteiger partial charge in [0.2, 0.25) is 0 Å². The van der Waals surface area contributed by atoms with Crippen LogP contribution in [-0.2, 0) is 5.41 Å². The van der Waals surface area contributed by atoms with Gasteiger partial charge in [0.25, 0.3) is 5.91 Å². The summed E-state index contributed by atoms with van der Waals surface area (Å²) in [7, 11) is 1.59. The minimum Gasteiger partial charge on any atom is -0.368 e. The Morgan fingerprint density at radius 3 is 2.65 bits per heavy atom. The van der Waals surface area contributed by atoms with Gasteiger partial charge in [0, 0.05) is 23.9 Å². The van der Waals surface area contributed by atoms with Gasteiger partial charge in [-0.15, -0.1) is 21.5 Å². The zero-order chi connectivity index (χ0) is 16.1. The fourth-order valence-corrected chi connectivity index (χ4v) is 4.24. The minimum atomic E-state index is -0.216. The van der Waals surface area contributed by atoms with Gasteiger partial charge in [-0.05, 0) is 36.4 Å². The van der Waals surface area contributed by atoms with Crippen molar-refractivity contribution < 1.29 is 4.79 Å². The van der Waals surface area contributed by atoms with Crippen LogP contribution in [0.5, 0.6) is 0 Å². The Morgan fingerprint density at radius 2 is 2.04 bits per heavy atom. The molecule has 0 spiro atoms. The van der Waals surface area contributed by atoms with E-state index in [4.69, 9.17) is 0 Å². The fourth-order valence-electron chi connectivity index (χ4n) is 3.25. The summed E-state index contributed by atoms with van der Waals surface area (Å²) in [5.74, 6) is 0.505. The number of anilines is 1. The van der Waals surface area contributed by atoms with E-state index in [0.717, 1.165) is 12.4 Å². The number of rotatable bonds is 5. The molecule has 2 heterocycles. The van der Waals surface area contributed by atoms with Crippen molar-refractivity contribution in [3.05, 3.63) is 40.2 Å². The van der Waals surface area contributed by atoms with Gasteiger partial charge in [0.15, 0.2) is 5.69 Å². The van der Waals surface area contributed by atoms with E-state index >= 15 is 0 Å². The standard InChI is InChI=1S/C17H22N4OS/c1-18-16(22)13-7-8-15(21-20-13)19-12-17(9-3-2-4-10-17)14-6-5-11-23-14/h5-8,11H,2-4,9-10,12H2,1H3,(H,18,22)(H,19,21). The number of thiophene rings is 1. The summed E-state index contributed by atoms with van der Waals surface area (Å²) in [6.07, 6.45) is 6.31. The van der Waals surface area contributed by atoms with E-state index in [2.05, 4.69) is 38.3 Å². The maximum atomic E-state index is 11.5. The van der Waals surface area contributed by atoms with E-state index in [9.17, 15) is 4.79 Å². The molecule has 2 aromatic heterocycles. The quantitative estimate of drug-likeness (QED) is 0.883. The van der Waals surface area contributed by atoms with Crippen LogP contribution in [0.15, 0.2) is 29.6 Å². The molecule has 1 aliphatic carbocycles. The second-order valence-electron chi connectivity index (χ2n) is 6.05. The molecule has 1 amide bonds. The molecule has 0 aromatic carbocycles. The van der Waals surface area contributed by atoms with Crippen molar-refractivity contribution in [3.63, 3.8) is 0 Å². The second kappa shape index (κ2) is 7.08. The Hall–Kier alpha value is -1.95. The van der Waals surface area contributed by atoms with Crippen molar-refractivity contribution in [1.29, 1.82) is 0 Å². The van der Waals surface area contributed by atoms with Crippen LogP contribution >= 0.6 is 11.3 Å². The molecule has 1 aliphatic rings. The van der Waals surface area contributed by atoms with E-state index in [1.807, 2.05) is 17.4 Å². The lowest BCUT2D eigenvalue weighted by molar-refractivity contribution is 0.0957. The van der Waals surface area contributed by atoms with Crippen LogP contribution in [0.4, 0.5) is 5.82 Å². The third-order valence-corrected chi connectivity index (χ3v) is 5.70. The first kappa shape index (κ1) is 15.9. The lowest BCUT2D eigenvalue weighted by atomic mass is 9.73. The molecular weight excluding hydrogens is 308 g/mol. The van der Waals surface area contributed by atoms with Crippen LogP contribution in [0.25, 0.3) is 0 Å². The number of amides is 1. The topological polar surface area (TPSA) is 66.9 Å². The molecule has 0 bridgehead atoms. The zero-order valence-electron chi connectivity index (χ0n) is 13.3. The predicted octanol–water partition coefficient (Wildman–Crippen LogP) is 3.21. The van der Waals surface area contributed by atoms with Crippen molar-refractivity contribution >= 4 is 23.1 Å². The Labute approximate surface area is 140 Å². The van der Waals surface area contributed by atoms with E-state index in [0.29, 0.717) is 5.69 Å². The largest absolute Gasteiger partial charge is 0.368 e. The Morgan fingerprint density at radius 1 is 1.22 bits per heavy atom. The van der Waals surface area contributed by atoms with Gasteiger partial charge in [-0.1, -0.05) is 25.3 Å². The summed E-state index contributed by atoms with van der Waals surface area (Å²) in [5.41, 5.74) is 0.539. The van der Waals surface area contributed by atoms with Gasteiger partial charge in [0.05, 0.1) is 0 Å². The van der Waals surface area contributed by atoms with Gasteiger partial charge < -0.3 is 10.6 Å². The molecule has 0 aliphatic heterocycles. The molecule has 0 atom stereocenters. The molecule has 0 saturated heterocycles. The van der Waals surface area contributed by atoms with Crippen molar-refractivity contribution in [1.82, 2.24) is 15.5 Å². The minimum absolute atomic E-state index is 0.202. The van der Waals surface area contributed by atoms with Gasteiger partial charge in [0.1, 0.15) is 5.82 Å². The van der Waals surface area contributed by atoms with E-state index < -0.39 is 0 Å². The monoisotopic (exact) mass is 330 g/mol. The van der Waals surface area contributed by atoms with Crippen LogP contribution < -0.4 is 10.6 Å². The van der Waals surface area contributed by atoms with Crippen LogP contribution in [0.2, 0.25) is 0 Å². The fraction of sp³-hybridized carbons (Fsp3) is 0.471. The average molecular weight is 330 g/mol. The summed E-state index contributed by atoms with van der Waals surface area (Å²) in [5, 5.41) is 16.2. The summed E-state index contributed by atoms with van der Waals surface area (Å²) in [6.45, 7) is 0.863. The number of nitrogens with one attached hydrogen (secondary N) is 2. The summed E-state index contributed by atoms with van der Waals surface area (Å²) in [4.78, 5) is 13.0. The lowest BCUT2D eigenvalue weighted by Crippen LogP contribution is -2.36. The van der Waals surface area contributed by atoms with E-state index in [-0.39, 0.29) is 11.3 Å². The SMILES string of the molecule is CNC(=O)c1ccc(NCC2(c3cccs3)CCCCC2)nn1. The molecule has 6 heteroatoms. The highest BCUT2D eigenvalue weighted by atomic mass is 32.1. The number of carbonyl (C=O) groups excluding carboxylic acids is 1. The molecule has 2 N–H and O–H groups in total. The number of hydrogen-bond acceptors (Lipinski definition) is 5. The van der Waals surface area contributed by atoms with Gasteiger partial charge in [-0.3, -0.25) is 4.79 Å². The van der Waals surface area contributed by atoms with Crippen molar-refractivity contribution in [3.8, 4) is 0 Å². The van der Waals surface area contributed by atoms with E-state index in [1.165, 1.54) is 37.0 Å². The average Bonchev–Trinajstić information content (AvgIpc) is 3.16. The molecule has 0 radical (unpaired) electrons. The molecule has 122 valence electrons. The third kappa shape index (κ3) is 3.52. The molecule has 0 unspecified atom stereocenters. The third-order valence-electron chi connectivity index (χ3n) is 4.59. The Balaban J connectivity index is 1.71. The molecule has 3 rings (SSSR count). The Bertz CT molecular complexity index is 633. The maximum Gasteiger partial charge on any atom is 0.271 e. The Kier molecular flexibility index (Phi) is 4.91. The van der Waals surface area contributed by atoms with Gasteiger partial charge in [-0.25, -0.2) is 0 Å². The highest BCUT2D eigenvalue weighted by Crippen LogP contribution is 2.41. The normalized spacial score (nSPS) is 16.7. The first-order valence-corrected chi connectivity index (χ1v) is 8.95. The summed E-state index contributed by atoms with van der Waals surface area (Å²) < 4.78 is 0. The summed E-state index contributed by atoms with van der Waals surface area (Å²) in [6, 6.07) is 7.90. The number of nitrogens with zero attached hydrogens (tertiary/aromatic N) is 2. The zero-order valence-corrected chi connectivity index (χ0v) is 14.2. The van der Waals surface area contributed by atoms with Crippen LogP contribution in [0.1, 0.15) is 47.5 Å².